The maximum Gasteiger partial charge on any atom is 0 e. The molecule has 0 saturated carbocycles. The first kappa shape index (κ1) is 36.1. The maximum absolute atomic E-state index is 10.5. The van der Waals surface area contributed by atoms with E-state index in [1.807, 2.05) is 78.9 Å². The van der Waals surface area contributed by atoms with E-state index in [0.717, 1.165) is 76.1 Å². The van der Waals surface area contributed by atoms with Crippen molar-refractivity contribution in [1.29, 1.82) is 0 Å². The Bertz CT molecular complexity index is 2550. The molecule has 0 aliphatic rings. The van der Waals surface area contributed by atoms with Crippen molar-refractivity contribution in [2.75, 3.05) is 0 Å². The maximum atomic E-state index is 10.5. The van der Waals surface area contributed by atoms with Crippen molar-refractivity contribution in [3.05, 3.63) is 146 Å². The molecule has 10 heteroatoms. The monoisotopic (exact) mass is 1170 g/mol. The second kappa shape index (κ2) is 15.4. The fourth-order valence-electron chi connectivity index (χ4n) is 6.07. The van der Waals surface area contributed by atoms with E-state index < -0.39 is 0 Å². The smallest absolute Gasteiger partial charge is 0 e. The van der Waals surface area contributed by atoms with Crippen molar-refractivity contribution in [2.24, 2.45) is 0 Å². The van der Waals surface area contributed by atoms with Crippen molar-refractivity contribution in [3.63, 3.8) is 0 Å². The van der Waals surface area contributed by atoms with Crippen molar-refractivity contribution >= 4 is 48.6 Å². The Hall–Kier alpha value is -4.24. The molecule has 0 unspecified atom stereocenters. The minimum Gasteiger partial charge on any atom is 0 e. The van der Waals surface area contributed by atoms with Gasteiger partial charge in [-0.15, -0.1) is 0 Å². The zero-order valence-corrected chi connectivity index (χ0v) is 34.8. The van der Waals surface area contributed by atoms with Gasteiger partial charge in [-0.1, -0.05) is 0 Å². The minimum atomic E-state index is -0.0193. The average Bonchev–Trinajstić information content (AvgIpc) is 3.80. The second-order valence-electron chi connectivity index (χ2n) is 11.6. The van der Waals surface area contributed by atoms with Gasteiger partial charge in [-0.2, -0.15) is 0 Å². The Labute approximate surface area is 340 Å². The Morgan fingerprint density at radius 2 is 0.846 bits per heavy atom. The van der Waals surface area contributed by atoms with E-state index in [-0.39, 0.29) is 82.6 Å². The van der Waals surface area contributed by atoms with E-state index in [2.05, 4.69) is 58.5 Å². The largest absolute Gasteiger partial charge is 0 e. The van der Waals surface area contributed by atoms with E-state index in [1.54, 1.807) is 18.5 Å². The fourth-order valence-corrected chi connectivity index (χ4v) is 10.4. The molecule has 0 aliphatic carbocycles. The van der Waals surface area contributed by atoms with Crippen molar-refractivity contribution in [2.45, 2.75) is 0 Å². The normalized spacial score (nSPS) is 10.9. The number of phenols is 2. The third-order valence-corrected chi connectivity index (χ3v) is 12.9. The van der Waals surface area contributed by atoms with Crippen LogP contribution in [-0.2, 0) is 42.1 Å². The number of hydrogen-bond acceptors (Lipinski definition) is 6. The molecule has 0 atom stereocenters. The molecule has 3 heterocycles. The van der Waals surface area contributed by atoms with Gasteiger partial charge >= 0.3 is 301 Å². The molecular weight excluding hydrogens is 1140 g/mol. The molecule has 6 nitrogen and oxygen atoms in total. The summed E-state index contributed by atoms with van der Waals surface area (Å²) in [4.78, 5) is 19.3. The van der Waals surface area contributed by atoms with Crippen LogP contribution in [-0.4, -0.2) is 59.2 Å². The second-order valence-corrected chi connectivity index (χ2v) is 15.9. The van der Waals surface area contributed by atoms with Gasteiger partial charge in [0, 0.05) is 42.1 Å². The number of aromatic hydroxyl groups is 2. The topological polar surface area (TPSA) is 92.0 Å². The standard InChI is InChI=1S/C42H24N4O2Se2.2Pt/c47-35-17-3-1-13-31(35)41-45-39-29(15-7-19-37(39)49-41)25-9-5-11-27(21-25)33-23-34(44-24-43-33)28-12-6-10-26(22-28)30-16-8-20-38-40(30)46-42(50-38)32-14-2-4-18-36(32)48;;/h1-20,23-24,47-48H;;/q-2;;. The molecule has 3 aromatic heterocycles. The zero-order valence-electron chi connectivity index (χ0n) is 26.8. The van der Waals surface area contributed by atoms with Gasteiger partial charge in [-0.25, -0.2) is 0 Å². The Balaban J connectivity index is 0.00000210. The zero-order chi connectivity index (χ0) is 33.6. The Kier molecular flexibility index (Phi) is 10.7. The molecule has 0 amide bonds. The number of rotatable bonds is 6. The first-order chi connectivity index (χ1) is 24.6. The van der Waals surface area contributed by atoms with Crippen LogP contribution in [0.2, 0.25) is 0 Å². The molecule has 0 aliphatic heterocycles. The Morgan fingerprint density at radius 3 is 1.31 bits per heavy atom. The van der Waals surface area contributed by atoms with E-state index in [0.29, 0.717) is 0 Å². The van der Waals surface area contributed by atoms with Crippen molar-refractivity contribution in [1.82, 2.24) is 19.9 Å². The van der Waals surface area contributed by atoms with Crippen LogP contribution in [0, 0.1) is 12.1 Å². The van der Waals surface area contributed by atoms with Crippen LogP contribution >= 0.6 is 0 Å². The number of aromatic nitrogens is 4. The van der Waals surface area contributed by atoms with Gasteiger partial charge < -0.3 is 0 Å². The summed E-state index contributed by atoms with van der Waals surface area (Å²) in [5, 5.41) is 20.9. The van der Waals surface area contributed by atoms with Crippen LogP contribution in [0.5, 0.6) is 11.5 Å². The predicted octanol–water partition coefficient (Wildman–Crippen LogP) is 8.70. The summed E-state index contributed by atoms with van der Waals surface area (Å²) >= 11 is -0.0385. The van der Waals surface area contributed by atoms with Crippen LogP contribution in [0.1, 0.15) is 0 Å². The molecule has 52 heavy (non-hydrogen) atoms. The van der Waals surface area contributed by atoms with Gasteiger partial charge in [0.15, 0.2) is 0 Å². The van der Waals surface area contributed by atoms with Gasteiger partial charge in [0.1, 0.15) is 0 Å². The van der Waals surface area contributed by atoms with Gasteiger partial charge in [0.25, 0.3) is 0 Å². The van der Waals surface area contributed by atoms with Crippen LogP contribution in [0.4, 0.5) is 0 Å². The van der Waals surface area contributed by atoms with E-state index in [9.17, 15) is 10.2 Å². The summed E-state index contributed by atoms with van der Waals surface area (Å²) in [6.07, 6.45) is 1.59. The number of phenolic OH excluding ortho intramolecular Hbond substituents is 2. The van der Waals surface area contributed by atoms with Crippen LogP contribution in [0.15, 0.2) is 134 Å². The first-order valence-corrected chi connectivity index (χ1v) is 19.3. The third kappa shape index (κ3) is 6.84. The van der Waals surface area contributed by atoms with Gasteiger partial charge in [0.05, 0.1) is 0 Å². The molecular formula is C42H24N4O2Pt2Se2-2. The molecule has 2 N–H and O–H groups in total. The van der Waals surface area contributed by atoms with Crippen molar-refractivity contribution < 1.29 is 52.3 Å². The van der Waals surface area contributed by atoms with E-state index in [4.69, 9.17) is 9.97 Å². The fraction of sp³-hybridized carbons (Fsp3) is 0. The van der Waals surface area contributed by atoms with Gasteiger partial charge in [0.2, 0.25) is 0 Å². The molecule has 0 bridgehead atoms. The van der Waals surface area contributed by atoms with Crippen molar-refractivity contribution in [3.8, 4) is 76.5 Å². The first-order valence-electron chi connectivity index (χ1n) is 15.8. The summed E-state index contributed by atoms with van der Waals surface area (Å²) in [6, 6.07) is 48.6. The van der Waals surface area contributed by atoms with Crippen LogP contribution in [0.3, 0.4) is 0 Å². The molecule has 0 spiro atoms. The quantitative estimate of drug-likeness (QED) is 0.128. The van der Waals surface area contributed by atoms with E-state index in [1.165, 1.54) is 8.52 Å². The molecule has 0 fully saturated rings. The van der Waals surface area contributed by atoms with Crippen LogP contribution < -0.4 is 0 Å². The van der Waals surface area contributed by atoms with Crippen LogP contribution in [0.25, 0.3) is 84.6 Å². The van der Waals surface area contributed by atoms with Gasteiger partial charge in [-0.05, 0) is 0 Å². The molecule has 0 radical (unpaired) electrons. The minimum absolute atomic E-state index is 0. The van der Waals surface area contributed by atoms with Gasteiger partial charge in [-0.3, -0.25) is 0 Å². The molecule has 9 aromatic rings. The number of fused-ring (bicyclic) bond motifs is 2. The van der Waals surface area contributed by atoms with E-state index >= 15 is 0 Å². The molecule has 6 aromatic carbocycles. The molecule has 258 valence electrons. The number of para-hydroxylation sites is 4. The summed E-state index contributed by atoms with van der Waals surface area (Å²) in [6.45, 7) is 0. The summed E-state index contributed by atoms with van der Waals surface area (Å²) in [7, 11) is 0. The average molecular weight is 1160 g/mol. The molecule has 0 saturated heterocycles. The number of hydrogen-bond donors (Lipinski definition) is 2. The summed E-state index contributed by atoms with van der Waals surface area (Å²) in [5.41, 5.74) is 10.5. The Morgan fingerprint density at radius 1 is 0.442 bits per heavy atom. The molecule has 9 rings (SSSR count). The SMILES string of the molecule is Oc1ccccc1-c1nc2c(-c3[c-]c(-c4cc(-c5[c-]c(-c6cccc7[se]c(-c8ccccc8O)nc67)ccc5)ncn4)ccc3)cccc2[se]1.[Pt].[Pt]. The summed E-state index contributed by atoms with van der Waals surface area (Å²) < 4.78 is 4.18. The third-order valence-electron chi connectivity index (χ3n) is 8.50. The number of benzene rings is 6. The predicted molar refractivity (Wildman–Crippen MR) is 200 cm³/mol. The number of nitrogens with zero attached hydrogens (tertiary/aromatic N) is 4. The summed E-state index contributed by atoms with van der Waals surface area (Å²) in [5.74, 6) is 0.498.